The van der Waals surface area contributed by atoms with E-state index in [9.17, 15) is 9.59 Å². The molecule has 2 aromatic carbocycles. The molecule has 2 aromatic rings. The number of nitrogens with one attached hydrogen (secondary N) is 1. The highest BCUT2D eigenvalue weighted by Crippen LogP contribution is 2.24. The van der Waals surface area contributed by atoms with E-state index < -0.39 is 6.04 Å². The Bertz CT molecular complexity index is 918. The molecule has 1 atom stereocenters. The number of rotatable bonds is 8. The first-order valence-electron chi connectivity index (χ1n) is 10.3. The topological polar surface area (TPSA) is 58.6 Å². The molecule has 5 nitrogen and oxygen atoms in total. The van der Waals surface area contributed by atoms with Gasteiger partial charge in [0, 0.05) is 17.1 Å². The van der Waals surface area contributed by atoms with Crippen molar-refractivity contribution >= 4 is 50.9 Å². The summed E-state index contributed by atoms with van der Waals surface area (Å²) in [5, 5.41) is 3.92. The summed E-state index contributed by atoms with van der Waals surface area (Å²) < 4.78 is 6.58. The highest BCUT2D eigenvalue weighted by molar-refractivity contribution is 9.10. The molecule has 0 radical (unpaired) electrons. The predicted molar refractivity (Wildman–Crippen MR) is 127 cm³/mol. The van der Waals surface area contributed by atoms with Crippen molar-refractivity contribution in [3.63, 3.8) is 0 Å². The number of amides is 2. The van der Waals surface area contributed by atoms with Crippen molar-refractivity contribution < 1.29 is 14.3 Å². The Hall–Kier alpha value is -1.76. The molecule has 0 heterocycles. The molecule has 0 unspecified atom stereocenters. The van der Waals surface area contributed by atoms with E-state index in [1.54, 1.807) is 37.3 Å². The lowest BCUT2D eigenvalue weighted by molar-refractivity contribution is -0.142. The molecule has 0 aromatic heterocycles. The van der Waals surface area contributed by atoms with Gasteiger partial charge in [0.25, 0.3) is 5.91 Å². The minimum absolute atomic E-state index is 0.163. The Balaban J connectivity index is 1.72. The maximum absolute atomic E-state index is 13.1. The Labute approximate surface area is 201 Å². The van der Waals surface area contributed by atoms with Gasteiger partial charge in [-0.25, -0.2) is 0 Å². The summed E-state index contributed by atoms with van der Waals surface area (Å²) in [4.78, 5) is 27.5. The fourth-order valence-electron chi connectivity index (χ4n) is 3.57. The van der Waals surface area contributed by atoms with E-state index in [0.717, 1.165) is 35.7 Å². The second-order valence-electron chi connectivity index (χ2n) is 7.68. The standard InChI is InChI=1S/C23H25BrCl2N2O3/c1-15(23(30)27-18-4-2-3-5-18)28(13-16-6-11-20(25)21(26)12-16)22(29)14-31-19-9-7-17(24)8-10-19/h6-12,15,18H,2-5,13-14H2,1H3,(H,27,30)/t15-/m1/s1. The molecule has 1 fully saturated rings. The summed E-state index contributed by atoms with van der Waals surface area (Å²) in [6, 6.07) is 11.9. The van der Waals surface area contributed by atoms with Crippen LogP contribution in [-0.4, -0.2) is 35.4 Å². The second kappa shape index (κ2) is 11.2. The zero-order valence-corrected chi connectivity index (χ0v) is 20.3. The number of benzene rings is 2. The smallest absolute Gasteiger partial charge is 0.261 e. The average Bonchev–Trinajstić information content (AvgIpc) is 3.26. The molecule has 8 heteroatoms. The number of ether oxygens (including phenoxy) is 1. The maximum atomic E-state index is 13.1. The van der Waals surface area contributed by atoms with Gasteiger partial charge in [-0.3, -0.25) is 9.59 Å². The van der Waals surface area contributed by atoms with Gasteiger partial charge in [0.05, 0.1) is 10.0 Å². The lowest BCUT2D eigenvalue weighted by Crippen LogP contribution is -2.50. The van der Waals surface area contributed by atoms with E-state index in [1.165, 1.54) is 4.90 Å². The number of carbonyl (C=O) groups excluding carboxylic acids is 2. The number of carbonyl (C=O) groups is 2. The number of halogens is 3. The van der Waals surface area contributed by atoms with Crippen LogP contribution in [-0.2, 0) is 16.1 Å². The van der Waals surface area contributed by atoms with Crippen molar-refractivity contribution in [2.24, 2.45) is 0 Å². The van der Waals surface area contributed by atoms with Crippen LogP contribution in [0.4, 0.5) is 0 Å². The van der Waals surface area contributed by atoms with Crippen molar-refractivity contribution in [1.29, 1.82) is 0 Å². The van der Waals surface area contributed by atoms with E-state index in [1.807, 2.05) is 12.1 Å². The maximum Gasteiger partial charge on any atom is 0.261 e. The highest BCUT2D eigenvalue weighted by Gasteiger charge is 2.28. The molecule has 3 rings (SSSR count). The van der Waals surface area contributed by atoms with Crippen molar-refractivity contribution in [3.05, 3.63) is 62.5 Å². The third-order valence-electron chi connectivity index (χ3n) is 5.38. The number of hydrogen-bond donors (Lipinski definition) is 1. The van der Waals surface area contributed by atoms with Crippen LogP contribution in [0.15, 0.2) is 46.9 Å². The Morgan fingerprint density at radius 2 is 1.81 bits per heavy atom. The molecule has 1 aliphatic rings. The van der Waals surface area contributed by atoms with Crippen LogP contribution in [0.25, 0.3) is 0 Å². The zero-order chi connectivity index (χ0) is 22.4. The number of hydrogen-bond acceptors (Lipinski definition) is 3. The van der Waals surface area contributed by atoms with Crippen molar-refractivity contribution in [3.8, 4) is 5.75 Å². The first-order chi connectivity index (χ1) is 14.8. The van der Waals surface area contributed by atoms with Crippen LogP contribution >= 0.6 is 39.1 Å². The normalized spacial score (nSPS) is 14.8. The van der Waals surface area contributed by atoms with Gasteiger partial charge in [0.2, 0.25) is 5.91 Å². The van der Waals surface area contributed by atoms with Gasteiger partial charge in [-0.1, -0.05) is 58.0 Å². The molecule has 1 aliphatic carbocycles. The Morgan fingerprint density at radius 3 is 2.45 bits per heavy atom. The monoisotopic (exact) mass is 526 g/mol. The summed E-state index contributed by atoms with van der Waals surface area (Å²) in [5.41, 5.74) is 0.784. The largest absolute Gasteiger partial charge is 0.484 e. The van der Waals surface area contributed by atoms with Crippen molar-refractivity contribution in [2.45, 2.75) is 51.2 Å². The summed E-state index contributed by atoms with van der Waals surface area (Å²) in [7, 11) is 0. The molecule has 31 heavy (non-hydrogen) atoms. The van der Waals surface area contributed by atoms with Gasteiger partial charge >= 0.3 is 0 Å². The molecule has 0 bridgehead atoms. The van der Waals surface area contributed by atoms with Gasteiger partial charge in [0.15, 0.2) is 6.61 Å². The fourth-order valence-corrected chi connectivity index (χ4v) is 4.15. The minimum Gasteiger partial charge on any atom is -0.484 e. The lowest BCUT2D eigenvalue weighted by Gasteiger charge is -2.29. The number of nitrogens with zero attached hydrogens (tertiary/aromatic N) is 1. The Morgan fingerprint density at radius 1 is 1.13 bits per heavy atom. The summed E-state index contributed by atoms with van der Waals surface area (Å²) in [5.74, 6) is 0.126. The molecule has 2 amide bonds. The highest BCUT2D eigenvalue weighted by atomic mass is 79.9. The van der Waals surface area contributed by atoms with Crippen LogP contribution in [0.5, 0.6) is 5.75 Å². The minimum atomic E-state index is -0.656. The van der Waals surface area contributed by atoms with Gasteiger partial charge in [-0.2, -0.15) is 0 Å². The van der Waals surface area contributed by atoms with Crippen LogP contribution in [0, 0.1) is 0 Å². The van der Waals surface area contributed by atoms with E-state index in [4.69, 9.17) is 27.9 Å². The van der Waals surface area contributed by atoms with Gasteiger partial charge in [-0.15, -0.1) is 0 Å². The Kier molecular flexibility index (Phi) is 8.64. The van der Waals surface area contributed by atoms with Crippen molar-refractivity contribution in [2.75, 3.05) is 6.61 Å². The van der Waals surface area contributed by atoms with Crippen LogP contribution < -0.4 is 10.1 Å². The van der Waals surface area contributed by atoms with Gasteiger partial charge < -0.3 is 15.0 Å². The molecule has 1 N–H and O–H groups in total. The quantitative estimate of drug-likeness (QED) is 0.485. The molecule has 0 aliphatic heterocycles. The fraction of sp³-hybridized carbons (Fsp3) is 0.391. The predicted octanol–water partition coefficient (Wildman–Crippen LogP) is 5.61. The van der Waals surface area contributed by atoms with Gasteiger partial charge in [-0.05, 0) is 61.7 Å². The molecule has 1 saturated carbocycles. The third kappa shape index (κ3) is 6.86. The summed E-state index contributed by atoms with van der Waals surface area (Å²) in [6.45, 7) is 1.78. The van der Waals surface area contributed by atoms with Gasteiger partial charge in [0.1, 0.15) is 11.8 Å². The zero-order valence-electron chi connectivity index (χ0n) is 17.2. The van der Waals surface area contributed by atoms with Crippen LogP contribution in [0.3, 0.4) is 0 Å². The molecule has 0 saturated heterocycles. The average molecular weight is 528 g/mol. The molecular weight excluding hydrogens is 503 g/mol. The summed E-state index contributed by atoms with van der Waals surface area (Å²) >= 11 is 15.5. The van der Waals surface area contributed by atoms with E-state index >= 15 is 0 Å². The first-order valence-corrected chi connectivity index (χ1v) is 11.8. The molecule has 166 valence electrons. The first kappa shape index (κ1) is 23.9. The third-order valence-corrected chi connectivity index (χ3v) is 6.65. The van der Waals surface area contributed by atoms with E-state index in [0.29, 0.717) is 15.8 Å². The summed E-state index contributed by atoms with van der Waals surface area (Å²) in [6.07, 6.45) is 4.19. The van der Waals surface area contributed by atoms with E-state index in [-0.39, 0.29) is 31.0 Å². The second-order valence-corrected chi connectivity index (χ2v) is 9.41. The SMILES string of the molecule is C[C@H](C(=O)NC1CCCC1)N(Cc1ccc(Cl)c(Cl)c1)C(=O)COc1ccc(Br)cc1. The molecule has 0 spiro atoms. The van der Waals surface area contributed by atoms with Crippen molar-refractivity contribution in [1.82, 2.24) is 10.2 Å². The molecular formula is C23H25BrCl2N2O3. The van der Waals surface area contributed by atoms with Crippen LogP contribution in [0.1, 0.15) is 38.2 Å². The van der Waals surface area contributed by atoms with Crippen LogP contribution in [0.2, 0.25) is 10.0 Å². The lowest BCUT2D eigenvalue weighted by atomic mass is 10.1. The van der Waals surface area contributed by atoms with E-state index in [2.05, 4.69) is 21.2 Å².